The molecule has 1 aliphatic carbocycles. The third-order valence-electron chi connectivity index (χ3n) is 4.84. The number of aliphatic imine (C=N–C) groups is 1. The minimum absolute atomic E-state index is 0. The predicted molar refractivity (Wildman–Crippen MR) is 124 cm³/mol. The van der Waals surface area contributed by atoms with Crippen LogP contribution in [-0.4, -0.2) is 40.3 Å². The molecule has 6 heteroatoms. The Labute approximate surface area is 178 Å². The van der Waals surface area contributed by atoms with Gasteiger partial charge in [-0.25, -0.2) is 0 Å². The van der Waals surface area contributed by atoms with Crippen LogP contribution in [0.3, 0.4) is 0 Å². The second-order valence-corrected chi connectivity index (χ2v) is 10.1. The van der Waals surface area contributed by atoms with Crippen molar-refractivity contribution in [2.24, 2.45) is 4.99 Å². The van der Waals surface area contributed by atoms with Crippen molar-refractivity contribution in [3.63, 3.8) is 0 Å². The summed E-state index contributed by atoms with van der Waals surface area (Å²) in [6, 6.07) is 10.7. The van der Waals surface area contributed by atoms with Gasteiger partial charge in [0.05, 0.1) is 6.54 Å². The fraction of sp³-hybridized carbons (Fsp3) is 0.650. The molecule has 1 aromatic rings. The van der Waals surface area contributed by atoms with Gasteiger partial charge < -0.3 is 10.6 Å². The minimum Gasteiger partial charge on any atom is -0.357 e. The topological polar surface area (TPSA) is 53.5 Å². The van der Waals surface area contributed by atoms with Crippen molar-refractivity contribution in [1.82, 2.24) is 10.6 Å². The summed E-state index contributed by atoms with van der Waals surface area (Å²) >= 11 is 0. The molecule has 1 aliphatic rings. The molecule has 1 atom stereocenters. The van der Waals surface area contributed by atoms with Gasteiger partial charge in [0.2, 0.25) is 0 Å². The number of rotatable bonds is 7. The predicted octanol–water partition coefficient (Wildman–Crippen LogP) is 3.83. The van der Waals surface area contributed by atoms with Crippen molar-refractivity contribution in [1.29, 1.82) is 0 Å². The third-order valence-corrected chi connectivity index (χ3v) is 6.78. The maximum atomic E-state index is 12.2. The van der Waals surface area contributed by atoms with E-state index in [0.29, 0.717) is 12.3 Å². The Bertz CT molecular complexity index is 595. The van der Waals surface area contributed by atoms with Crippen LogP contribution in [0, 0.1) is 0 Å². The van der Waals surface area contributed by atoms with E-state index in [-0.39, 0.29) is 34.1 Å². The molecule has 0 heterocycles. The number of halogens is 1. The summed E-state index contributed by atoms with van der Waals surface area (Å²) in [7, 11) is -0.844. The summed E-state index contributed by atoms with van der Waals surface area (Å²) in [4.78, 5) is 4.84. The number of nitrogens with one attached hydrogen (secondary N) is 2. The van der Waals surface area contributed by atoms with Gasteiger partial charge in [0.25, 0.3) is 0 Å². The van der Waals surface area contributed by atoms with Crippen LogP contribution in [0.25, 0.3) is 0 Å². The standard InChI is InChI=1S/C20H33N3OS.HI/c1-5-21-18(22-14-15-25(24)19(2,3)4)23-16-20(12-9-13-20)17-10-7-6-8-11-17;/h6-8,10-11H,5,9,12-16H2,1-4H3,(H2,21,22,23);1H. The summed E-state index contributed by atoms with van der Waals surface area (Å²) in [5.74, 6) is 1.47. The van der Waals surface area contributed by atoms with E-state index in [9.17, 15) is 4.21 Å². The molecule has 0 aromatic heterocycles. The largest absolute Gasteiger partial charge is 0.357 e. The summed E-state index contributed by atoms with van der Waals surface area (Å²) in [5.41, 5.74) is 1.59. The highest BCUT2D eigenvalue weighted by molar-refractivity contribution is 14.0. The minimum atomic E-state index is -0.844. The van der Waals surface area contributed by atoms with Crippen molar-refractivity contribution in [2.45, 2.75) is 57.1 Å². The van der Waals surface area contributed by atoms with Crippen LogP contribution in [0.4, 0.5) is 0 Å². The lowest BCUT2D eigenvalue weighted by Crippen LogP contribution is -2.43. The molecule has 0 aliphatic heterocycles. The Morgan fingerprint density at radius 3 is 2.35 bits per heavy atom. The lowest BCUT2D eigenvalue weighted by atomic mass is 9.64. The Hall–Kier alpha value is -0.630. The summed E-state index contributed by atoms with van der Waals surface area (Å²) < 4.78 is 12.0. The average Bonchev–Trinajstić information content (AvgIpc) is 2.53. The molecule has 1 aromatic carbocycles. The molecule has 0 spiro atoms. The molecule has 1 unspecified atom stereocenters. The molecule has 4 nitrogen and oxygen atoms in total. The van der Waals surface area contributed by atoms with E-state index in [1.165, 1.54) is 24.8 Å². The second-order valence-electron chi connectivity index (χ2n) is 7.78. The number of guanidine groups is 1. The molecule has 0 saturated heterocycles. The molecule has 1 fully saturated rings. The van der Waals surface area contributed by atoms with E-state index in [4.69, 9.17) is 4.99 Å². The number of nitrogens with zero attached hydrogens (tertiary/aromatic N) is 1. The highest BCUT2D eigenvalue weighted by atomic mass is 127. The van der Waals surface area contributed by atoms with Crippen LogP contribution >= 0.6 is 24.0 Å². The van der Waals surface area contributed by atoms with Gasteiger partial charge in [0, 0.05) is 39.8 Å². The van der Waals surface area contributed by atoms with Crippen molar-refractivity contribution in [2.75, 3.05) is 25.4 Å². The van der Waals surface area contributed by atoms with Crippen molar-refractivity contribution < 1.29 is 4.21 Å². The van der Waals surface area contributed by atoms with Crippen LogP contribution in [0.1, 0.15) is 52.5 Å². The van der Waals surface area contributed by atoms with Crippen LogP contribution in [0.5, 0.6) is 0 Å². The third kappa shape index (κ3) is 6.51. The van der Waals surface area contributed by atoms with Crippen molar-refractivity contribution in [3.8, 4) is 0 Å². The first-order valence-electron chi connectivity index (χ1n) is 9.33. The Morgan fingerprint density at radius 1 is 1.19 bits per heavy atom. The fourth-order valence-corrected chi connectivity index (χ4v) is 3.97. The Balaban J connectivity index is 0.00000338. The smallest absolute Gasteiger partial charge is 0.191 e. The van der Waals surface area contributed by atoms with Crippen LogP contribution in [-0.2, 0) is 16.2 Å². The summed E-state index contributed by atoms with van der Waals surface area (Å²) in [6.45, 7) is 10.4. The molecule has 2 N–H and O–H groups in total. The van der Waals surface area contributed by atoms with E-state index < -0.39 is 10.8 Å². The molecule has 1 saturated carbocycles. The lowest BCUT2D eigenvalue weighted by molar-refractivity contribution is 0.253. The molecule has 2 rings (SSSR count). The van der Waals surface area contributed by atoms with Gasteiger partial charge in [-0.05, 0) is 46.1 Å². The van der Waals surface area contributed by atoms with Gasteiger partial charge in [-0.1, -0.05) is 36.8 Å². The maximum Gasteiger partial charge on any atom is 0.191 e. The van der Waals surface area contributed by atoms with Crippen LogP contribution in [0.2, 0.25) is 0 Å². The SMILES string of the molecule is CCNC(=NCC1(c2ccccc2)CCC1)NCCS(=O)C(C)(C)C.I. The van der Waals surface area contributed by atoms with Crippen molar-refractivity contribution in [3.05, 3.63) is 35.9 Å². The van der Waals surface area contributed by atoms with Gasteiger partial charge in [0.15, 0.2) is 5.96 Å². The maximum absolute atomic E-state index is 12.2. The highest BCUT2D eigenvalue weighted by Gasteiger charge is 2.38. The molecule has 0 bridgehead atoms. The fourth-order valence-electron chi connectivity index (χ4n) is 3.07. The molecular formula is C20H34IN3OS. The van der Waals surface area contributed by atoms with Gasteiger partial charge >= 0.3 is 0 Å². The molecule has 0 radical (unpaired) electrons. The second kappa shape index (κ2) is 10.6. The van der Waals surface area contributed by atoms with E-state index in [1.807, 2.05) is 20.8 Å². The molecular weight excluding hydrogens is 457 g/mol. The average molecular weight is 491 g/mol. The molecule has 26 heavy (non-hydrogen) atoms. The number of benzene rings is 1. The zero-order valence-electron chi connectivity index (χ0n) is 16.5. The Morgan fingerprint density at radius 2 is 1.85 bits per heavy atom. The highest BCUT2D eigenvalue weighted by Crippen LogP contribution is 2.43. The zero-order valence-corrected chi connectivity index (χ0v) is 19.7. The summed E-state index contributed by atoms with van der Waals surface area (Å²) in [5, 5.41) is 6.65. The number of hydrogen-bond acceptors (Lipinski definition) is 2. The normalized spacial score (nSPS) is 17.6. The van der Waals surface area contributed by atoms with Gasteiger partial charge in [-0.3, -0.25) is 9.20 Å². The van der Waals surface area contributed by atoms with E-state index in [0.717, 1.165) is 19.0 Å². The monoisotopic (exact) mass is 491 g/mol. The van der Waals surface area contributed by atoms with Crippen molar-refractivity contribution >= 4 is 40.7 Å². The van der Waals surface area contributed by atoms with E-state index in [1.54, 1.807) is 0 Å². The molecule has 148 valence electrons. The van der Waals surface area contributed by atoms with Crippen LogP contribution in [0.15, 0.2) is 35.3 Å². The van der Waals surface area contributed by atoms with Gasteiger partial charge in [-0.2, -0.15) is 0 Å². The molecule has 0 amide bonds. The zero-order chi connectivity index (χ0) is 18.3. The van der Waals surface area contributed by atoms with Gasteiger partial charge in [0.1, 0.15) is 0 Å². The first-order valence-corrected chi connectivity index (χ1v) is 10.7. The van der Waals surface area contributed by atoms with E-state index in [2.05, 4.69) is 47.9 Å². The first kappa shape index (κ1) is 23.4. The summed E-state index contributed by atoms with van der Waals surface area (Å²) in [6.07, 6.45) is 3.68. The van der Waals surface area contributed by atoms with Crippen LogP contribution < -0.4 is 10.6 Å². The van der Waals surface area contributed by atoms with Gasteiger partial charge in [-0.15, -0.1) is 24.0 Å². The number of hydrogen-bond donors (Lipinski definition) is 2. The Kier molecular flexibility index (Phi) is 9.58. The first-order chi connectivity index (χ1) is 11.9. The quantitative estimate of drug-likeness (QED) is 0.347. The lowest BCUT2D eigenvalue weighted by Gasteiger charge is -2.41. The van der Waals surface area contributed by atoms with E-state index >= 15 is 0 Å².